The van der Waals surface area contributed by atoms with Crippen molar-refractivity contribution in [1.29, 1.82) is 0 Å². The Hall–Kier alpha value is -4.20. The van der Waals surface area contributed by atoms with Gasteiger partial charge < -0.3 is 20.7 Å². The third-order valence-electron chi connectivity index (χ3n) is 4.96. The molecule has 14 heteroatoms. The molecule has 0 saturated carbocycles. The first-order valence-corrected chi connectivity index (χ1v) is 11.7. The summed E-state index contributed by atoms with van der Waals surface area (Å²) in [5.74, 6) is -1.05. The van der Waals surface area contributed by atoms with Crippen molar-refractivity contribution in [3.63, 3.8) is 0 Å². The second kappa shape index (κ2) is 9.74. The monoisotopic (exact) mass is 490 g/mol. The van der Waals surface area contributed by atoms with Gasteiger partial charge in [-0.15, -0.1) is 0 Å². The van der Waals surface area contributed by atoms with E-state index in [4.69, 9.17) is 10.5 Å². The van der Waals surface area contributed by atoms with Crippen molar-refractivity contribution in [2.45, 2.75) is 12.6 Å². The van der Waals surface area contributed by atoms with Gasteiger partial charge in [-0.3, -0.25) is 19.7 Å². The second-order valence-corrected chi connectivity index (χ2v) is 9.15. The summed E-state index contributed by atoms with van der Waals surface area (Å²) in [6, 6.07) is 4.55. The minimum atomic E-state index is -3.87. The van der Waals surface area contributed by atoms with Crippen LogP contribution in [0.3, 0.4) is 0 Å². The highest BCUT2D eigenvalue weighted by Crippen LogP contribution is 2.29. The normalized spacial score (nSPS) is 13.6. The molecule has 1 atom stereocenters. The molecule has 180 valence electrons. The number of nitrogens with two attached hydrogens (primary N) is 1. The Kier molecular flexibility index (Phi) is 7.00. The highest BCUT2D eigenvalue weighted by molar-refractivity contribution is 7.89. The number of aromatic nitrogens is 1. The number of nitrogens with one attached hydrogen (secondary N) is 3. The number of fused-ring (bicyclic) bond motifs is 1. The molecule has 2 aromatic rings. The van der Waals surface area contributed by atoms with E-state index in [0.717, 1.165) is 11.8 Å². The first-order chi connectivity index (χ1) is 16.0. The number of sulfonamides is 1. The zero-order chi connectivity index (χ0) is 25.0. The largest absolute Gasteiger partial charge is 0.497 e. The van der Waals surface area contributed by atoms with Crippen LogP contribution in [0.15, 0.2) is 30.5 Å². The zero-order valence-corrected chi connectivity index (χ0v) is 19.0. The van der Waals surface area contributed by atoms with Gasteiger partial charge in [0.15, 0.2) is 0 Å². The molecule has 34 heavy (non-hydrogen) atoms. The Labute approximate surface area is 194 Å². The van der Waals surface area contributed by atoms with Crippen molar-refractivity contribution in [2.24, 2.45) is 0 Å². The molecule has 3 rings (SSSR count). The van der Waals surface area contributed by atoms with Gasteiger partial charge in [0.2, 0.25) is 16.4 Å². The molecule has 0 saturated heterocycles. The fraction of sp³-hybridized carbons (Fsp3) is 0.250. The van der Waals surface area contributed by atoms with E-state index in [-0.39, 0.29) is 42.4 Å². The third kappa shape index (κ3) is 5.58. The highest BCUT2D eigenvalue weighted by atomic mass is 32.2. The standard InChI is InChI=1S/C20H22N6O7S/c1-33-13-4-3-11-8-26(19(29)14(11)6-13)9-16(24-20(30)23-10-27)12-5-15(17(21)22-7-12)18(28)25-34(2,31)32/h3-7,10,16H,8-9H2,1-2H3,(H2,21,22)(H,25,28)(H2,23,24,27,30)/t16-/m0/s1. The molecule has 0 bridgehead atoms. The van der Waals surface area contributed by atoms with Gasteiger partial charge in [-0.05, 0) is 29.3 Å². The van der Waals surface area contributed by atoms with E-state index in [9.17, 15) is 27.6 Å². The van der Waals surface area contributed by atoms with Crippen molar-refractivity contribution in [1.82, 2.24) is 25.2 Å². The quantitative estimate of drug-likeness (QED) is 0.354. The van der Waals surface area contributed by atoms with Crippen LogP contribution in [-0.4, -0.2) is 62.5 Å². The molecular formula is C20H22N6O7S. The first kappa shape index (κ1) is 24.4. The minimum absolute atomic E-state index is 0.0547. The number of carbonyl (C=O) groups excluding carboxylic acids is 4. The van der Waals surface area contributed by atoms with Crippen LogP contribution in [0.2, 0.25) is 0 Å². The van der Waals surface area contributed by atoms with Gasteiger partial charge in [0.1, 0.15) is 11.6 Å². The fourth-order valence-electron chi connectivity index (χ4n) is 3.41. The van der Waals surface area contributed by atoms with Gasteiger partial charge in [-0.2, -0.15) is 0 Å². The van der Waals surface area contributed by atoms with Crippen LogP contribution in [0.25, 0.3) is 0 Å². The maximum Gasteiger partial charge on any atom is 0.321 e. The number of benzene rings is 1. The molecule has 1 aliphatic heterocycles. The van der Waals surface area contributed by atoms with E-state index in [2.05, 4.69) is 10.3 Å². The van der Waals surface area contributed by atoms with Gasteiger partial charge in [-0.25, -0.2) is 22.9 Å². The first-order valence-electron chi connectivity index (χ1n) is 9.76. The number of amides is 5. The lowest BCUT2D eigenvalue weighted by atomic mass is 10.1. The van der Waals surface area contributed by atoms with Gasteiger partial charge in [0.25, 0.3) is 11.8 Å². The van der Waals surface area contributed by atoms with E-state index in [1.165, 1.54) is 24.3 Å². The molecule has 0 radical (unpaired) electrons. The van der Waals surface area contributed by atoms with Crippen LogP contribution in [0.5, 0.6) is 5.75 Å². The van der Waals surface area contributed by atoms with Gasteiger partial charge in [0, 0.05) is 24.8 Å². The lowest BCUT2D eigenvalue weighted by molar-refractivity contribution is -0.108. The Morgan fingerprint density at radius 2 is 2.06 bits per heavy atom. The van der Waals surface area contributed by atoms with Crippen LogP contribution in [0.1, 0.15) is 37.9 Å². The lowest BCUT2D eigenvalue weighted by Crippen LogP contribution is -2.42. The van der Waals surface area contributed by atoms with E-state index >= 15 is 0 Å². The Bertz CT molecular complexity index is 1260. The number of urea groups is 1. The van der Waals surface area contributed by atoms with E-state index in [1.54, 1.807) is 22.9 Å². The summed E-state index contributed by atoms with van der Waals surface area (Å²) in [5.41, 5.74) is 6.94. The number of pyridine rings is 1. The Morgan fingerprint density at radius 1 is 1.32 bits per heavy atom. The smallest absolute Gasteiger partial charge is 0.321 e. The summed E-state index contributed by atoms with van der Waals surface area (Å²) in [7, 11) is -2.39. The van der Waals surface area contributed by atoms with E-state index in [1.807, 2.05) is 5.32 Å². The molecular weight excluding hydrogens is 468 g/mol. The molecule has 13 nitrogen and oxygen atoms in total. The molecule has 5 N–H and O–H groups in total. The Balaban J connectivity index is 1.92. The number of methoxy groups -OCH3 is 1. The van der Waals surface area contributed by atoms with Crippen LogP contribution < -0.4 is 25.8 Å². The average Bonchev–Trinajstić information content (AvgIpc) is 3.07. The Morgan fingerprint density at radius 3 is 2.71 bits per heavy atom. The maximum absolute atomic E-state index is 12.9. The van der Waals surface area contributed by atoms with Crippen molar-refractivity contribution in [3.8, 4) is 5.75 Å². The number of nitrogen functional groups attached to an aromatic ring is 1. The predicted molar refractivity (Wildman–Crippen MR) is 119 cm³/mol. The summed E-state index contributed by atoms with van der Waals surface area (Å²) in [6.07, 6.45) is 2.26. The molecule has 2 heterocycles. The third-order valence-corrected chi connectivity index (χ3v) is 5.52. The number of ether oxygens (including phenoxy) is 1. The van der Waals surface area contributed by atoms with E-state index in [0.29, 0.717) is 11.3 Å². The fourth-order valence-corrected chi connectivity index (χ4v) is 3.86. The van der Waals surface area contributed by atoms with Crippen molar-refractivity contribution in [2.75, 3.05) is 25.6 Å². The summed E-state index contributed by atoms with van der Waals surface area (Å²) < 4.78 is 29.8. The maximum atomic E-state index is 12.9. The highest BCUT2D eigenvalue weighted by Gasteiger charge is 2.31. The molecule has 1 aromatic heterocycles. The van der Waals surface area contributed by atoms with Crippen molar-refractivity contribution in [3.05, 3.63) is 52.7 Å². The van der Waals surface area contributed by atoms with Crippen LogP contribution in [0, 0.1) is 0 Å². The topological polar surface area (TPSA) is 190 Å². The number of rotatable bonds is 8. The van der Waals surface area contributed by atoms with E-state index < -0.39 is 28.0 Å². The molecule has 5 amide bonds. The van der Waals surface area contributed by atoms with Crippen LogP contribution in [0.4, 0.5) is 10.6 Å². The molecule has 0 spiro atoms. The molecule has 0 aliphatic carbocycles. The van der Waals surface area contributed by atoms with Crippen LogP contribution in [-0.2, 0) is 21.4 Å². The number of nitrogens with zero attached hydrogens (tertiary/aromatic N) is 2. The van der Waals surface area contributed by atoms with Gasteiger partial charge in [0.05, 0.1) is 25.0 Å². The lowest BCUT2D eigenvalue weighted by Gasteiger charge is -2.25. The van der Waals surface area contributed by atoms with Gasteiger partial charge in [-0.1, -0.05) is 6.07 Å². The predicted octanol–water partition coefficient (Wildman–Crippen LogP) is -0.485. The molecule has 0 unspecified atom stereocenters. The van der Waals surface area contributed by atoms with Gasteiger partial charge >= 0.3 is 6.03 Å². The summed E-state index contributed by atoms with van der Waals surface area (Å²) in [5, 5.41) is 4.47. The average molecular weight is 490 g/mol. The summed E-state index contributed by atoms with van der Waals surface area (Å²) >= 11 is 0. The summed E-state index contributed by atoms with van der Waals surface area (Å²) in [4.78, 5) is 53.4. The number of hydrogen-bond donors (Lipinski definition) is 4. The minimum Gasteiger partial charge on any atom is -0.497 e. The number of hydrogen-bond acceptors (Lipinski definition) is 9. The zero-order valence-electron chi connectivity index (χ0n) is 18.2. The molecule has 0 fully saturated rings. The molecule has 1 aliphatic rings. The van der Waals surface area contributed by atoms with Crippen molar-refractivity contribution >= 4 is 40.1 Å². The number of imide groups is 1. The SMILES string of the molecule is COc1ccc2c(c1)C(=O)N(C[C@H](NC(=O)NC=O)c1cnc(N)c(C(=O)NS(C)(=O)=O)c1)C2. The number of carbonyl (C=O) groups is 4. The number of anilines is 1. The molecule has 1 aromatic carbocycles. The van der Waals surface area contributed by atoms with Crippen LogP contribution >= 0.6 is 0 Å². The summed E-state index contributed by atoms with van der Waals surface area (Å²) in [6.45, 7) is 0.191. The second-order valence-electron chi connectivity index (χ2n) is 7.40. The van der Waals surface area contributed by atoms with Crippen molar-refractivity contribution < 1.29 is 32.3 Å².